The standard InChI is InChI=1S/C22H31NO5/c1-17-7-5-6-8-20(17)28-16-19(24)15-23(11-12-25-2)14-18-9-10-21(26-3)22(13-18)27-4/h5-10,13,19,24H,11-12,14-16H2,1-4H3/t19-/m1/s1. The molecular formula is C22H31NO5. The summed E-state index contributed by atoms with van der Waals surface area (Å²) in [5.74, 6) is 2.18. The number of para-hydroxylation sites is 1. The summed E-state index contributed by atoms with van der Waals surface area (Å²) < 4.78 is 21.7. The Hall–Kier alpha value is -2.28. The van der Waals surface area contributed by atoms with E-state index in [0.29, 0.717) is 37.7 Å². The molecule has 6 heteroatoms. The summed E-state index contributed by atoms with van der Waals surface area (Å²) in [5.41, 5.74) is 2.12. The van der Waals surface area contributed by atoms with Crippen LogP contribution in [0.4, 0.5) is 0 Å². The second-order valence-electron chi connectivity index (χ2n) is 6.65. The molecule has 0 saturated carbocycles. The molecule has 0 aliphatic carbocycles. The van der Waals surface area contributed by atoms with Crippen molar-refractivity contribution in [3.8, 4) is 17.2 Å². The third-order valence-electron chi connectivity index (χ3n) is 4.46. The van der Waals surface area contributed by atoms with Gasteiger partial charge in [-0.1, -0.05) is 24.3 Å². The zero-order valence-electron chi connectivity index (χ0n) is 17.2. The molecule has 1 N–H and O–H groups in total. The van der Waals surface area contributed by atoms with Crippen molar-refractivity contribution in [3.63, 3.8) is 0 Å². The lowest BCUT2D eigenvalue weighted by atomic mass is 10.1. The van der Waals surface area contributed by atoms with E-state index in [1.807, 2.05) is 49.4 Å². The summed E-state index contributed by atoms with van der Waals surface area (Å²) in [7, 11) is 4.91. The molecule has 0 unspecified atom stereocenters. The van der Waals surface area contributed by atoms with Crippen LogP contribution >= 0.6 is 0 Å². The summed E-state index contributed by atoms with van der Waals surface area (Å²) in [6.45, 7) is 4.64. The van der Waals surface area contributed by atoms with Crippen LogP contribution in [0.25, 0.3) is 0 Å². The van der Waals surface area contributed by atoms with Crippen LogP contribution in [0, 0.1) is 6.92 Å². The summed E-state index contributed by atoms with van der Waals surface area (Å²) in [6, 6.07) is 13.6. The Morgan fingerprint density at radius 1 is 0.964 bits per heavy atom. The third-order valence-corrected chi connectivity index (χ3v) is 4.46. The number of benzene rings is 2. The second-order valence-corrected chi connectivity index (χ2v) is 6.65. The van der Waals surface area contributed by atoms with Crippen molar-refractivity contribution in [1.29, 1.82) is 0 Å². The average Bonchev–Trinajstić information content (AvgIpc) is 2.71. The van der Waals surface area contributed by atoms with E-state index in [2.05, 4.69) is 4.90 Å². The van der Waals surface area contributed by atoms with Crippen LogP contribution in [0.5, 0.6) is 17.2 Å². The van der Waals surface area contributed by atoms with Crippen LogP contribution in [0.15, 0.2) is 42.5 Å². The molecule has 0 aliphatic rings. The predicted molar refractivity (Wildman–Crippen MR) is 109 cm³/mol. The van der Waals surface area contributed by atoms with Crippen LogP contribution in [0.3, 0.4) is 0 Å². The SMILES string of the molecule is COCCN(Cc1ccc(OC)c(OC)c1)C[C@@H](O)COc1ccccc1C. The highest BCUT2D eigenvalue weighted by molar-refractivity contribution is 5.42. The number of aliphatic hydroxyl groups excluding tert-OH is 1. The molecule has 0 aliphatic heterocycles. The number of aliphatic hydroxyl groups is 1. The van der Waals surface area contributed by atoms with Crippen LogP contribution in [-0.2, 0) is 11.3 Å². The zero-order chi connectivity index (χ0) is 20.4. The summed E-state index contributed by atoms with van der Waals surface area (Å²) in [5, 5.41) is 10.5. The lowest BCUT2D eigenvalue weighted by molar-refractivity contribution is 0.0540. The maximum Gasteiger partial charge on any atom is 0.161 e. The molecule has 0 radical (unpaired) electrons. The maximum atomic E-state index is 10.5. The molecule has 2 aromatic rings. The Labute approximate surface area is 167 Å². The van der Waals surface area contributed by atoms with E-state index in [1.165, 1.54) is 0 Å². The molecule has 1 atom stereocenters. The fraction of sp³-hybridized carbons (Fsp3) is 0.455. The van der Waals surface area contributed by atoms with Gasteiger partial charge >= 0.3 is 0 Å². The Bertz CT molecular complexity index is 722. The average molecular weight is 389 g/mol. The van der Waals surface area contributed by atoms with Crippen molar-refractivity contribution in [2.45, 2.75) is 19.6 Å². The minimum Gasteiger partial charge on any atom is -0.493 e. The van der Waals surface area contributed by atoms with E-state index < -0.39 is 6.10 Å². The first-order valence-electron chi connectivity index (χ1n) is 9.36. The topological polar surface area (TPSA) is 60.4 Å². The van der Waals surface area contributed by atoms with Crippen LogP contribution < -0.4 is 14.2 Å². The molecule has 154 valence electrons. The number of methoxy groups -OCH3 is 3. The van der Waals surface area contributed by atoms with Crippen molar-refractivity contribution < 1.29 is 24.1 Å². The Morgan fingerprint density at radius 3 is 2.39 bits per heavy atom. The van der Waals surface area contributed by atoms with Gasteiger partial charge in [-0.3, -0.25) is 4.90 Å². The molecule has 0 aromatic heterocycles. The Morgan fingerprint density at radius 2 is 1.71 bits per heavy atom. The van der Waals surface area contributed by atoms with Crippen molar-refractivity contribution >= 4 is 0 Å². The van der Waals surface area contributed by atoms with Crippen molar-refractivity contribution in [2.24, 2.45) is 0 Å². The van der Waals surface area contributed by atoms with Gasteiger partial charge in [-0.25, -0.2) is 0 Å². The van der Waals surface area contributed by atoms with E-state index in [1.54, 1.807) is 21.3 Å². The zero-order valence-corrected chi connectivity index (χ0v) is 17.2. The monoisotopic (exact) mass is 389 g/mol. The van der Waals surface area contributed by atoms with Gasteiger partial charge in [-0.2, -0.15) is 0 Å². The van der Waals surface area contributed by atoms with Crippen molar-refractivity contribution in [2.75, 3.05) is 47.6 Å². The highest BCUT2D eigenvalue weighted by atomic mass is 16.5. The van der Waals surface area contributed by atoms with Gasteiger partial charge in [0, 0.05) is 26.7 Å². The van der Waals surface area contributed by atoms with E-state index in [4.69, 9.17) is 18.9 Å². The molecule has 0 fully saturated rings. The van der Waals surface area contributed by atoms with Gasteiger partial charge in [-0.15, -0.1) is 0 Å². The largest absolute Gasteiger partial charge is 0.493 e. The van der Waals surface area contributed by atoms with Gasteiger partial charge in [0.25, 0.3) is 0 Å². The van der Waals surface area contributed by atoms with Gasteiger partial charge in [0.1, 0.15) is 18.5 Å². The highest BCUT2D eigenvalue weighted by Crippen LogP contribution is 2.28. The normalized spacial score (nSPS) is 12.1. The minimum atomic E-state index is -0.614. The maximum absolute atomic E-state index is 10.5. The Kier molecular flexibility index (Phi) is 9.07. The van der Waals surface area contributed by atoms with Gasteiger partial charge in [0.05, 0.1) is 20.8 Å². The molecule has 0 saturated heterocycles. The summed E-state index contributed by atoms with van der Waals surface area (Å²) in [4.78, 5) is 2.14. The third kappa shape index (κ3) is 6.71. The number of hydrogen-bond acceptors (Lipinski definition) is 6. The van der Waals surface area contributed by atoms with Gasteiger partial charge in [-0.05, 0) is 36.2 Å². The predicted octanol–water partition coefficient (Wildman–Crippen LogP) is 2.90. The summed E-state index contributed by atoms with van der Waals surface area (Å²) in [6.07, 6.45) is -0.614. The first-order valence-corrected chi connectivity index (χ1v) is 9.36. The van der Waals surface area contributed by atoms with Gasteiger partial charge in [0.2, 0.25) is 0 Å². The van der Waals surface area contributed by atoms with E-state index in [0.717, 1.165) is 16.9 Å². The van der Waals surface area contributed by atoms with Crippen LogP contribution in [0.1, 0.15) is 11.1 Å². The number of rotatable bonds is 12. The van der Waals surface area contributed by atoms with Crippen molar-refractivity contribution in [3.05, 3.63) is 53.6 Å². The summed E-state index contributed by atoms with van der Waals surface area (Å²) >= 11 is 0. The number of nitrogens with zero attached hydrogens (tertiary/aromatic N) is 1. The first kappa shape index (κ1) is 22.0. The molecular weight excluding hydrogens is 358 g/mol. The number of hydrogen-bond donors (Lipinski definition) is 1. The first-order chi connectivity index (χ1) is 13.6. The quantitative estimate of drug-likeness (QED) is 0.602. The number of aryl methyl sites for hydroxylation is 1. The highest BCUT2D eigenvalue weighted by Gasteiger charge is 2.15. The lowest BCUT2D eigenvalue weighted by Crippen LogP contribution is -2.37. The molecule has 2 aromatic carbocycles. The fourth-order valence-corrected chi connectivity index (χ4v) is 2.95. The van der Waals surface area contributed by atoms with E-state index in [-0.39, 0.29) is 6.61 Å². The minimum absolute atomic E-state index is 0.236. The molecule has 28 heavy (non-hydrogen) atoms. The van der Waals surface area contributed by atoms with Gasteiger partial charge in [0.15, 0.2) is 11.5 Å². The molecule has 0 bridgehead atoms. The van der Waals surface area contributed by atoms with Crippen LogP contribution in [0.2, 0.25) is 0 Å². The van der Waals surface area contributed by atoms with Crippen molar-refractivity contribution in [1.82, 2.24) is 4.90 Å². The number of ether oxygens (including phenoxy) is 4. The van der Waals surface area contributed by atoms with Crippen LogP contribution in [-0.4, -0.2) is 63.7 Å². The van der Waals surface area contributed by atoms with E-state index in [9.17, 15) is 5.11 Å². The molecule has 0 heterocycles. The molecule has 0 spiro atoms. The Balaban J connectivity index is 1.97. The van der Waals surface area contributed by atoms with Gasteiger partial charge < -0.3 is 24.1 Å². The second kappa shape index (κ2) is 11.5. The molecule has 6 nitrogen and oxygen atoms in total. The smallest absolute Gasteiger partial charge is 0.161 e. The van der Waals surface area contributed by atoms with E-state index >= 15 is 0 Å². The molecule has 0 amide bonds. The lowest BCUT2D eigenvalue weighted by Gasteiger charge is -2.25. The fourth-order valence-electron chi connectivity index (χ4n) is 2.95. The molecule has 2 rings (SSSR count).